The van der Waals surface area contributed by atoms with E-state index in [2.05, 4.69) is 35.5 Å². The van der Waals surface area contributed by atoms with E-state index >= 15 is 0 Å². The number of nitrogens with zero attached hydrogens (tertiary/aromatic N) is 3. The SMILES string of the molecule is CC1CN1CC(C(=O)O)(N1CC1C)N1CC1C. The molecule has 3 heterocycles. The molecule has 6 atom stereocenters. The Morgan fingerprint density at radius 1 is 1.12 bits per heavy atom. The fourth-order valence-electron chi connectivity index (χ4n) is 2.96. The van der Waals surface area contributed by atoms with E-state index in [4.69, 9.17) is 0 Å². The topological polar surface area (TPSA) is 46.3 Å². The number of hydrogen-bond acceptors (Lipinski definition) is 4. The molecule has 5 nitrogen and oxygen atoms in total. The Morgan fingerprint density at radius 2 is 1.53 bits per heavy atom. The van der Waals surface area contributed by atoms with Crippen LogP contribution in [-0.4, -0.2) is 75.7 Å². The molecule has 0 aromatic heterocycles. The molecule has 0 saturated carbocycles. The minimum Gasteiger partial charge on any atom is -0.479 e. The lowest BCUT2D eigenvalue weighted by Crippen LogP contribution is -2.59. The molecule has 1 N–H and O–H groups in total. The molecule has 3 fully saturated rings. The number of carbonyl (C=O) groups is 1. The van der Waals surface area contributed by atoms with Gasteiger partial charge in [-0.15, -0.1) is 0 Å². The number of aliphatic carboxylic acids is 1. The van der Waals surface area contributed by atoms with Gasteiger partial charge in [-0.25, -0.2) is 4.79 Å². The average molecular weight is 239 g/mol. The summed E-state index contributed by atoms with van der Waals surface area (Å²) < 4.78 is 0. The summed E-state index contributed by atoms with van der Waals surface area (Å²) in [6.45, 7) is 9.89. The van der Waals surface area contributed by atoms with Crippen LogP contribution in [0.15, 0.2) is 0 Å². The first-order valence-corrected chi connectivity index (χ1v) is 6.47. The number of rotatable bonds is 5. The second-order valence-corrected chi connectivity index (χ2v) is 5.90. The maximum Gasteiger partial charge on any atom is 0.340 e. The number of hydrogen-bond donors (Lipinski definition) is 1. The van der Waals surface area contributed by atoms with Gasteiger partial charge in [-0.05, 0) is 20.8 Å². The van der Waals surface area contributed by atoms with E-state index in [0.717, 1.165) is 19.6 Å². The van der Waals surface area contributed by atoms with Crippen LogP contribution in [0.25, 0.3) is 0 Å². The highest BCUT2D eigenvalue weighted by Gasteiger charge is 2.63. The minimum atomic E-state index is -0.760. The van der Waals surface area contributed by atoms with E-state index in [0.29, 0.717) is 24.7 Å². The predicted octanol–water partition coefficient (Wildman–Crippen LogP) is -0.120. The molecule has 3 aliphatic heterocycles. The largest absolute Gasteiger partial charge is 0.479 e. The third-order valence-electron chi connectivity index (χ3n) is 4.42. The first-order valence-electron chi connectivity index (χ1n) is 6.47. The van der Waals surface area contributed by atoms with Crippen molar-refractivity contribution in [3.8, 4) is 0 Å². The lowest BCUT2D eigenvalue weighted by molar-refractivity contribution is -0.156. The Kier molecular flexibility index (Phi) is 2.31. The van der Waals surface area contributed by atoms with E-state index in [9.17, 15) is 9.90 Å². The first-order chi connectivity index (χ1) is 7.96. The van der Waals surface area contributed by atoms with E-state index in [1.54, 1.807) is 0 Å². The summed E-state index contributed by atoms with van der Waals surface area (Å²) in [6, 6.07) is 1.38. The fourth-order valence-corrected chi connectivity index (χ4v) is 2.96. The summed E-state index contributed by atoms with van der Waals surface area (Å²) in [5.74, 6) is -0.676. The summed E-state index contributed by atoms with van der Waals surface area (Å²) in [4.78, 5) is 18.3. The summed E-state index contributed by atoms with van der Waals surface area (Å²) in [5, 5.41) is 9.73. The normalized spacial score (nSPS) is 50.5. The van der Waals surface area contributed by atoms with E-state index in [-0.39, 0.29) is 0 Å². The Hall–Kier alpha value is -0.650. The zero-order valence-corrected chi connectivity index (χ0v) is 10.8. The summed E-state index contributed by atoms with van der Waals surface area (Å²) in [7, 11) is 0. The molecule has 0 spiro atoms. The molecule has 0 bridgehead atoms. The monoisotopic (exact) mass is 239 g/mol. The lowest BCUT2D eigenvalue weighted by atomic mass is 10.1. The Morgan fingerprint density at radius 3 is 1.76 bits per heavy atom. The van der Waals surface area contributed by atoms with Crippen LogP contribution in [0, 0.1) is 0 Å². The third kappa shape index (κ3) is 1.68. The van der Waals surface area contributed by atoms with Gasteiger partial charge >= 0.3 is 5.97 Å². The molecule has 0 aliphatic carbocycles. The van der Waals surface area contributed by atoms with E-state index in [1.165, 1.54) is 0 Å². The summed E-state index contributed by atoms with van der Waals surface area (Å²) in [6.07, 6.45) is 0. The van der Waals surface area contributed by atoms with Gasteiger partial charge in [0.15, 0.2) is 5.66 Å². The second kappa shape index (κ2) is 3.43. The third-order valence-corrected chi connectivity index (χ3v) is 4.42. The van der Waals surface area contributed by atoms with Crippen LogP contribution in [0.3, 0.4) is 0 Å². The van der Waals surface area contributed by atoms with Crippen molar-refractivity contribution in [2.24, 2.45) is 0 Å². The highest BCUT2D eigenvalue weighted by Crippen LogP contribution is 2.41. The molecule has 3 rings (SSSR count). The molecule has 6 unspecified atom stereocenters. The summed E-state index contributed by atoms with van der Waals surface area (Å²) >= 11 is 0. The molecular weight excluding hydrogens is 218 g/mol. The van der Waals surface area contributed by atoms with Gasteiger partial charge in [-0.3, -0.25) is 14.7 Å². The Balaban J connectivity index is 1.84. The number of carboxylic acids is 1. The predicted molar refractivity (Wildman–Crippen MR) is 63.7 cm³/mol. The van der Waals surface area contributed by atoms with Crippen LogP contribution in [0.4, 0.5) is 0 Å². The van der Waals surface area contributed by atoms with Gasteiger partial charge in [0.25, 0.3) is 0 Å². The van der Waals surface area contributed by atoms with Gasteiger partial charge in [0.1, 0.15) is 0 Å². The molecule has 96 valence electrons. The van der Waals surface area contributed by atoms with Crippen LogP contribution in [0.2, 0.25) is 0 Å². The molecule has 3 aliphatic rings. The highest BCUT2D eigenvalue weighted by atomic mass is 16.4. The van der Waals surface area contributed by atoms with Gasteiger partial charge in [0, 0.05) is 44.3 Å². The standard InChI is InChI=1S/C12H21N3O2/c1-8-4-13(8)7-12(11(16)17,14-5-9(14)2)15-6-10(15)3/h8-10H,4-7H2,1-3H3,(H,16,17). The van der Waals surface area contributed by atoms with Crippen molar-refractivity contribution in [1.82, 2.24) is 14.7 Å². The molecule has 0 aromatic rings. The van der Waals surface area contributed by atoms with Crippen LogP contribution >= 0.6 is 0 Å². The Labute approximate surface area is 102 Å². The molecule has 17 heavy (non-hydrogen) atoms. The van der Waals surface area contributed by atoms with Crippen LogP contribution < -0.4 is 0 Å². The molecular formula is C12H21N3O2. The van der Waals surface area contributed by atoms with Crippen LogP contribution in [0.1, 0.15) is 20.8 Å². The Bertz CT molecular complexity index is 344. The second-order valence-electron chi connectivity index (χ2n) is 5.90. The molecule has 0 aromatic carbocycles. The van der Waals surface area contributed by atoms with Crippen molar-refractivity contribution >= 4 is 5.97 Å². The van der Waals surface area contributed by atoms with Crippen LogP contribution in [0.5, 0.6) is 0 Å². The van der Waals surface area contributed by atoms with Crippen molar-refractivity contribution in [1.29, 1.82) is 0 Å². The van der Waals surface area contributed by atoms with Crippen molar-refractivity contribution < 1.29 is 9.90 Å². The van der Waals surface area contributed by atoms with Gasteiger partial charge in [0.2, 0.25) is 0 Å². The zero-order chi connectivity index (χ0) is 12.4. The van der Waals surface area contributed by atoms with Crippen LogP contribution in [-0.2, 0) is 4.79 Å². The number of carboxylic acid groups (broad SMARTS) is 1. The van der Waals surface area contributed by atoms with E-state index < -0.39 is 11.6 Å². The minimum absolute atomic E-state index is 0.411. The van der Waals surface area contributed by atoms with Gasteiger partial charge in [-0.2, -0.15) is 0 Å². The molecule has 0 amide bonds. The zero-order valence-electron chi connectivity index (χ0n) is 10.8. The van der Waals surface area contributed by atoms with E-state index in [1.807, 2.05) is 0 Å². The molecule has 5 heteroatoms. The smallest absolute Gasteiger partial charge is 0.340 e. The fraction of sp³-hybridized carbons (Fsp3) is 0.917. The highest BCUT2D eigenvalue weighted by molar-refractivity contribution is 5.80. The first kappa shape index (κ1) is 11.4. The van der Waals surface area contributed by atoms with Crippen molar-refractivity contribution in [3.05, 3.63) is 0 Å². The van der Waals surface area contributed by atoms with Crippen molar-refractivity contribution in [2.75, 3.05) is 26.2 Å². The summed E-state index contributed by atoms with van der Waals surface area (Å²) in [5.41, 5.74) is -0.760. The lowest BCUT2D eigenvalue weighted by Gasteiger charge is -2.34. The van der Waals surface area contributed by atoms with Gasteiger partial charge < -0.3 is 5.11 Å². The maximum absolute atomic E-state index is 11.8. The maximum atomic E-state index is 11.8. The average Bonchev–Trinajstić information content (AvgIpc) is 3.12. The quantitative estimate of drug-likeness (QED) is 0.678. The van der Waals surface area contributed by atoms with Gasteiger partial charge in [0.05, 0.1) is 0 Å². The molecule has 3 saturated heterocycles. The van der Waals surface area contributed by atoms with Crippen molar-refractivity contribution in [3.63, 3.8) is 0 Å². The van der Waals surface area contributed by atoms with Gasteiger partial charge in [-0.1, -0.05) is 0 Å². The molecule has 0 radical (unpaired) electrons. The van der Waals surface area contributed by atoms with Crippen molar-refractivity contribution in [2.45, 2.75) is 44.6 Å².